The van der Waals surface area contributed by atoms with E-state index >= 15 is 0 Å². The van der Waals surface area contributed by atoms with Crippen LogP contribution in [0, 0.1) is 0 Å². The lowest BCUT2D eigenvalue weighted by atomic mass is 9.95. The van der Waals surface area contributed by atoms with Gasteiger partial charge < -0.3 is 14.6 Å². The van der Waals surface area contributed by atoms with Crippen LogP contribution in [0.1, 0.15) is 55.2 Å². The average Bonchev–Trinajstić information content (AvgIpc) is 3.47. The Kier molecular flexibility index (Phi) is 6.78. The number of carbonyl (C=O) groups is 2. The van der Waals surface area contributed by atoms with E-state index in [1.165, 1.54) is 29.5 Å². The molecule has 1 saturated carbocycles. The SMILES string of the molecule is CC(=O)N1CCc2c(sc3nc(SCC(=O)NC4CCCCC4)n(Cc4ccco4)c(=O)c23)C1. The van der Waals surface area contributed by atoms with E-state index < -0.39 is 0 Å². The Morgan fingerprint density at radius 1 is 1.29 bits per heavy atom. The molecule has 0 spiro atoms. The summed E-state index contributed by atoms with van der Waals surface area (Å²) in [6.07, 6.45) is 7.83. The summed E-state index contributed by atoms with van der Waals surface area (Å²) in [6, 6.07) is 3.87. The van der Waals surface area contributed by atoms with E-state index in [4.69, 9.17) is 9.40 Å². The van der Waals surface area contributed by atoms with Crippen molar-refractivity contribution >= 4 is 45.1 Å². The Bertz CT molecular complexity index is 1260. The highest BCUT2D eigenvalue weighted by atomic mass is 32.2. The van der Waals surface area contributed by atoms with Crippen molar-refractivity contribution in [2.24, 2.45) is 0 Å². The number of aromatic nitrogens is 2. The van der Waals surface area contributed by atoms with Crippen LogP contribution in [0.15, 0.2) is 32.8 Å². The quantitative estimate of drug-likeness (QED) is 0.411. The molecule has 0 aromatic carbocycles. The fourth-order valence-corrected chi connectivity index (χ4v) is 6.87. The van der Waals surface area contributed by atoms with Gasteiger partial charge in [-0.1, -0.05) is 31.0 Å². The van der Waals surface area contributed by atoms with Gasteiger partial charge in [0, 0.05) is 24.4 Å². The highest BCUT2D eigenvalue weighted by molar-refractivity contribution is 7.99. The van der Waals surface area contributed by atoms with Gasteiger partial charge in [-0.25, -0.2) is 4.98 Å². The Labute approximate surface area is 205 Å². The van der Waals surface area contributed by atoms with E-state index in [1.54, 1.807) is 28.7 Å². The molecule has 10 heteroatoms. The smallest absolute Gasteiger partial charge is 0.263 e. The fraction of sp³-hybridized carbons (Fsp3) is 0.500. The fourth-order valence-electron chi connectivity index (χ4n) is 4.78. The van der Waals surface area contributed by atoms with Gasteiger partial charge in [-0.15, -0.1) is 11.3 Å². The third-order valence-electron chi connectivity index (χ3n) is 6.57. The normalized spacial score (nSPS) is 16.6. The van der Waals surface area contributed by atoms with Gasteiger partial charge in [0.25, 0.3) is 5.56 Å². The van der Waals surface area contributed by atoms with Gasteiger partial charge in [-0.05, 0) is 37.0 Å². The molecule has 3 aromatic heterocycles. The van der Waals surface area contributed by atoms with Crippen LogP contribution < -0.4 is 10.9 Å². The molecule has 2 aliphatic rings. The Morgan fingerprint density at radius 2 is 2.12 bits per heavy atom. The van der Waals surface area contributed by atoms with Gasteiger partial charge in [-0.2, -0.15) is 0 Å². The summed E-state index contributed by atoms with van der Waals surface area (Å²) in [5, 5.41) is 4.27. The van der Waals surface area contributed by atoms with E-state index in [1.807, 2.05) is 6.07 Å². The van der Waals surface area contributed by atoms with Crippen LogP contribution in [0.3, 0.4) is 0 Å². The Morgan fingerprint density at radius 3 is 2.85 bits per heavy atom. The maximum Gasteiger partial charge on any atom is 0.263 e. The highest BCUT2D eigenvalue weighted by Crippen LogP contribution is 2.34. The monoisotopic (exact) mass is 500 g/mol. The number of thiophene rings is 1. The number of nitrogens with one attached hydrogen (secondary N) is 1. The van der Waals surface area contributed by atoms with Crippen LogP contribution in [0.2, 0.25) is 0 Å². The molecule has 5 rings (SSSR count). The molecule has 4 heterocycles. The van der Waals surface area contributed by atoms with E-state index in [0.717, 1.165) is 36.1 Å². The largest absolute Gasteiger partial charge is 0.467 e. The van der Waals surface area contributed by atoms with Crippen LogP contribution in [-0.4, -0.2) is 44.6 Å². The minimum atomic E-state index is -0.120. The Balaban J connectivity index is 1.45. The predicted octanol–water partition coefficient (Wildman–Crippen LogP) is 3.54. The lowest BCUT2D eigenvalue weighted by Crippen LogP contribution is -2.37. The van der Waals surface area contributed by atoms with Gasteiger partial charge in [0.2, 0.25) is 11.8 Å². The standard InChI is InChI=1S/C24H28N4O4S2/c1-15(29)27-10-9-18-19(13-27)34-22-21(18)23(31)28(12-17-8-5-11-32-17)24(26-22)33-14-20(30)25-16-6-3-2-4-7-16/h5,8,11,16H,2-4,6-7,9-10,12-14H2,1H3,(H,25,30). The first-order chi connectivity index (χ1) is 16.5. The molecule has 180 valence electrons. The summed E-state index contributed by atoms with van der Waals surface area (Å²) in [5.41, 5.74) is 0.875. The van der Waals surface area contributed by atoms with E-state index in [2.05, 4.69) is 5.32 Å². The minimum Gasteiger partial charge on any atom is -0.467 e. The molecule has 1 aliphatic heterocycles. The predicted molar refractivity (Wildman–Crippen MR) is 132 cm³/mol. The molecule has 0 unspecified atom stereocenters. The highest BCUT2D eigenvalue weighted by Gasteiger charge is 2.27. The molecule has 2 amide bonds. The van der Waals surface area contributed by atoms with E-state index in [9.17, 15) is 14.4 Å². The number of nitrogens with zero attached hydrogens (tertiary/aromatic N) is 3. The minimum absolute atomic E-state index is 0.0293. The third kappa shape index (κ3) is 4.79. The second kappa shape index (κ2) is 9.95. The number of amides is 2. The van der Waals surface area contributed by atoms with Crippen LogP contribution in [0.5, 0.6) is 0 Å². The molecule has 1 aliphatic carbocycles. The van der Waals surface area contributed by atoms with Gasteiger partial charge in [0.15, 0.2) is 5.16 Å². The summed E-state index contributed by atoms with van der Waals surface area (Å²) in [7, 11) is 0. The van der Waals surface area contributed by atoms with Gasteiger partial charge in [0.1, 0.15) is 10.6 Å². The van der Waals surface area contributed by atoms with Crippen LogP contribution >= 0.6 is 23.1 Å². The number of fused-ring (bicyclic) bond motifs is 3. The van der Waals surface area contributed by atoms with Gasteiger partial charge in [-0.3, -0.25) is 19.0 Å². The van der Waals surface area contributed by atoms with Crippen molar-refractivity contribution in [2.75, 3.05) is 12.3 Å². The van der Waals surface area contributed by atoms with Crippen molar-refractivity contribution < 1.29 is 14.0 Å². The van der Waals surface area contributed by atoms with Crippen LogP contribution in [0.25, 0.3) is 10.2 Å². The first-order valence-corrected chi connectivity index (χ1v) is 13.5. The summed E-state index contributed by atoms with van der Waals surface area (Å²) < 4.78 is 7.12. The molecule has 8 nitrogen and oxygen atoms in total. The number of thioether (sulfide) groups is 1. The second-order valence-electron chi connectivity index (χ2n) is 8.93. The van der Waals surface area contributed by atoms with Crippen LogP contribution in [0.4, 0.5) is 0 Å². The van der Waals surface area contributed by atoms with Gasteiger partial charge >= 0.3 is 0 Å². The first kappa shape index (κ1) is 23.2. The molecular formula is C24H28N4O4S2. The van der Waals surface area contributed by atoms with Crippen molar-refractivity contribution in [3.8, 4) is 0 Å². The summed E-state index contributed by atoms with van der Waals surface area (Å²) >= 11 is 2.76. The number of furan rings is 1. The average molecular weight is 501 g/mol. The maximum absolute atomic E-state index is 13.7. The second-order valence-corrected chi connectivity index (χ2v) is 11.0. The summed E-state index contributed by atoms with van der Waals surface area (Å²) in [5.74, 6) is 0.865. The molecule has 1 fully saturated rings. The molecule has 0 atom stereocenters. The van der Waals surface area contributed by atoms with Crippen molar-refractivity contribution in [1.82, 2.24) is 19.8 Å². The topological polar surface area (TPSA) is 97.4 Å². The zero-order valence-electron chi connectivity index (χ0n) is 19.2. The van der Waals surface area contributed by atoms with Crippen molar-refractivity contribution in [3.05, 3.63) is 45.0 Å². The number of hydrogen-bond donors (Lipinski definition) is 1. The van der Waals surface area contributed by atoms with E-state index in [-0.39, 0.29) is 35.7 Å². The maximum atomic E-state index is 13.7. The Hall–Kier alpha value is -2.59. The molecule has 1 N–H and O–H groups in total. The number of rotatable bonds is 6. The molecule has 34 heavy (non-hydrogen) atoms. The third-order valence-corrected chi connectivity index (χ3v) is 8.65. The lowest BCUT2D eigenvalue weighted by Gasteiger charge is -2.25. The van der Waals surface area contributed by atoms with Gasteiger partial charge in [0.05, 0.1) is 30.5 Å². The number of hydrogen-bond acceptors (Lipinski definition) is 7. The zero-order chi connectivity index (χ0) is 23.7. The van der Waals surface area contributed by atoms with Crippen LogP contribution in [-0.2, 0) is 29.1 Å². The van der Waals surface area contributed by atoms with Crippen molar-refractivity contribution in [2.45, 2.75) is 69.7 Å². The van der Waals surface area contributed by atoms with E-state index in [0.29, 0.717) is 40.6 Å². The molecule has 3 aromatic rings. The number of carbonyl (C=O) groups excluding carboxylic acids is 2. The molecule has 0 saturated heterocycles. The lowest BCUT2D eigenvalue weighted by molar-refractivity contribution is -0.129. The van der Waals surface area contributed by atoms with Crippen molar-refractivity contribution in [3.63, 3.8) is 0 Å². The first-order valence-electron chi connectivity index (χ1n) is 11.7. The van der Waals surface area contributed by atoms with Crippen molar-refractivity contribution in [1.29, 1.82) is 0 Å². The molecule has 0 radical (unpaired) electrons. The zero-order valence-corrected chi connectivity index (χ0v) is 20.8. The molecule has 0 bridgehead atoms. The summed E-state index contributed by atoms with van der Waals surface area (Å²) in [4.78, 5) is 46.5. The summed E-state index contributed by atoms with van der Waals surface area (Å²) in [6.45, 7) is 2.94. The molecular weight excluding hydrogens is 472 g/mol.